The number of hydrogen-bond donors (Lipinski definition) is 10. The first-order valence-electron chi connectivity index (χ1n) is 31.6. The first-order valence-corrected chi connectivity index (χ1v) is 31.6. The molecule has 3 aromatic heterocycles. The highest BCUT2D eigenvalue weighted by Gasteiger charge is 2.23. The summed E-state index contributed by atoms with van der Waals surface area (Å²) in [6, 6.07) is 50.8. The van der Waals surface area contributed by atoms with E-state index in [4.69, 9.17) is 28.9 Å². The third kappa shape index (κ3) is 14.8. The zero-order chi connectivity index (χ0) is 73.0. The number of aromatic carboxylic acids is 8. The summed E-state index contributed by atoms with van der Waals surface area (Å²) < 4.78 is 24.5. The van der Waals surface area contributed by atoms with Crippen LogP contribution in [0.3, 0.4) is 0 Å². The molecule has 2 aliphatic heterocycles. The molecular weight excluding hydrogens is 1340 g/mol. The molecule has 13 rings (SSSR count). The number of ether oxygens (including phenoxy) is 4. The zero-order valence-electron chi connectivity index (χ0n) is 54.0. The largest absolute Gasteiger partial charge is 0.489 e. The van der Waals surface area contributed by atoms with Gasteiger partial charge in [-0.05, 0) is 214 Å². The molecule has 0 atom stereocenters. The van der Waals surface area contributed by atoms with Gasteiger partial charge in [0.15, 0.2) is 0 Å². The zero-order valence-corrected chi connectivity index (χ0v) is 54.0. The molecule has 24 nitrogen and oxygen atoms in total. The van der Waals surface area contributed by atoms with E-state index in [9.17, 15) is 79.2 Å². The molecule has 0 spiro atoms. The Morgan fingerprint density at radius 1 is 0.250 bits per heavy atom. The van der Waals surface area contributed by atoms with Crippen LogP contribution in [0, 0.1) is 0 Å². The maximum atomic E-state index is 12.0. The fourth-order valence-electron chi connectivity index (χ4n) is 12.0. The normalized spacial score (nSPS) is 11.4. The van der Waals surface area contributed by atoms with Crippen molar-refractivity contribution in [3.05, 3.63) is 284 Å². The molecule has 514 valence electrons. The number of hydrogen-bond acceptors (Lipinski definition) is 14. The lowest BCUT2D eigenvalue weighted by Crippen LogP contribution is -2.06. The fraction of sp³-hybridized carbons (Fsp3) is 0.0500. The van der Waals surface area contributed by atoms with Crippen molar-refractivity contribution in [1.82, 2.24) is 19.9 Å². The van der Waals surface area contributed by atoms with Crippen LogP contribution >= 0.6 is 0 Å². The van der Waals surface area contributed by atoms with Gasteiger partial charge in [0.25, 0.3) is 0 Å². The van der Waals surface area contributed by atoms with Gasteiger partial charge in [-0.25, -0.2) is 48.3 Å². The molecule has 0 radical (unpaired) electrons. The maximum absolute atomic E-state index is 12.0. The van der Waals surface area contributed by atoms with Gasteiger partial charge in [-0.3, -0.25) is 0 Å². The Labute approximate surface area is 587 Å². The Balaban J connectivity index is 0.967. The van der Waals surface area contributed by atoms with Crippen molar-refractivity contribution in [1.29, 1.82) is 0 Å². The molecule has 0 unspecified atom stereocenters. The minimum atomic E-state index is -1.31. The lowest BCUT2D eigenvalue weighted by atomic mass is 10.0. The standard InChI is InChI=1S/C80H54N4O20/c85-73(86)49-25-41(26-50(33-49)74(87)88)37-101-57-9-1-45(2-10-57)69-61-17-19-63(81-61)70(46-3-11-58(12-4-46)102-38-42-27-51(75(89)90)34-52(28-42)76(91)92)65-21-23-67(83-65)72(48-7-15-60(16-8-48)104-40-44-31-55(79(97)98)36-56(32-44)80(99)100)68-24-22-66(84-68)71(64-20-18-62(69)82-64)47-5-13-59(14-6-47)103-39-43-29-53(77(93)94)35-54(30-43)78(95)96/h1-36,81,84H,37-40H2,(H,85,86)(H,87,88)(H,89,90)(H,91,92)(H,93,94)(H,95,96)(H,97,98)(H,99,100). The number of carboxylic acids is 8. The third-order valence-electron chi connectivity index (χ3n) is 16.9. The summed E-state index contributed by atoms with van der Waals surface area (Å²) in [5.41, 5.74) is 8.93. The predicted molar refractivity (Wildman–Crippen MR) is 379 cm³/mol. The SMILES string of the molecule is O=C(O)c1cc(COc2ccc(-c3c4nc(c(-c5ccc(OCc6cc(C(=O)O)cc(C(=O)O)c6)cc5)c5ccc([nH]5)c(-c5ccc(OCc6cc(C(=O)O)cc(C(=O)O)c6)cc5)c5nc(c(-c6ccc(OCc7cc(C(=O)O)cc(C(=O)O)c7)cc6)c6ccc3[nH]6)C=C5)C=C4)cc2)cc(C(=O)O)c1. The summed E-state index contributed by atoms with van der Waals surface area (Å²) in [4.78, 5) is 114. The molecule has 10 N–H and O–H groups in total. The molecule has 8 bridgehead atoms. The van der Waals surface area contributed by atoms with Crippen LogP contribution in [0.1, 0.15) is 128 Å². The second-order valence-electron chi connectivity index (χ2n) is 23.9. The predicted octanol–water partition coefficient (Wildman–Crippen LogP) is 15.2. The van der Waals surface area contributed by atoms with Crippen LogP contribution in [0.2, 0.25) is 0 Å². The van der Waals surface area contributed by atoms with Crippen molar-refractivity contribution in [2.45, 2.75) is 26.4 Å². The number of nitrogens with zero attached hydrogens (tertiary/aromatic N) is 2. The molecule has 8 aromatic carbocycles. The highest BCUT2D eigenvalue weighted by atomic mass is 16.5. The molecule has 11 aromatic rings. The second kappa shape index (κ2) is 28.6. The van der Waals surface area contributed by atoms with Crippen molar-refractivity contribution in [2.24, 2.45) is 0 Å². The van der Waals surface area contributed by atoms with Crippen LogP contribution < -0.4 is 18.9 Å². The summed E-state index contributed by atoms with van der Waals surface area (Å²) in [7, 11) is 0. The van der Waals surface area contributed by atoms with Crippen molar-refractivity contribution in [2.75, 3.05) is 0 Å². The Morgan fingerprint density at radius 2 is 0.423 bits per heavy atom. The number of H-pyrrole nitrogens is 2. The summed E-state index contributed by atoms with van der Waals surface area (Å²) in [6.45, 7) is -0.677. The minimum Gasteiger partial charge on any atom is -0.489 e. The van der Waals surface area contributed by atoms with Crippen LogP contribution in [0.25, 0.3) is 90.9 Å². The number of carboxylic acid groups (broad SMARTS) is 8. The number of aromatic nitrogens is 4. The number of rotatable bonds is 24. The molecular formula is C80H54N4O20. The second-order valence-corrected chi connectivity index (χ2v) is 23.9. The topological polar surface area (TPSA) is 393 Å². The van der Waals surface area contributed by atoms with Crippen LogP contribution in [-0.4, -0.2) is 109 Å². The average molecular weight is 1390 g/mol. The number of nitrogens with one attached hydrogen (secondary N) is 2. The van der Waals surface area contributed by atoms with E-state index in [0.29, 0.717) is 135 Å². The molecule has 0 aliphatic carbocycles. The van der Waals surface area contributed by atoms with E-state index in [1.807, 2.05) is 97.1 Å². The summed E-state index contributed by atoms with van der Waals surface area (Å²) in [5.74, 6) is -8.99. The maximum Gasteiger partial charge on any atom is 0.335 e. The summed E-state index contributed by atoms with van der Waals surface area (Å²) >= 11 is 0. The van der Waals surface area contributed by atoms with Gasteiger partial charge >= 0.3 is 47.8 Å². The monoisotopic (exact) mass is 1390 g/mol. The van der Waals surface area contributed by atoms with Crippen molar-refractivity contribution < 1.29 is 98.2 Å². The third-order valence-corrected chi connectivity index (χ3v) is 16.9. The summed E-state index contributed by atoms with van der Waals surface area (Å²) in [5, 5.41) is 77.9. The highest BCUT2D eigenvalue weighted by molar-refractivity contribution is 6.02. The van der Waals surface area contributed by atoms with Gasteiger partial charge in [-0.15, -0.1) is 0 Å². The van der Waals surface area contributed by atoms with Gasteiger partial charge in [0, 0.05) is 44.3 Å². The van der Waals surface area contributed by atoms with Crippen molar-refractivity contribution >= 4 is 94.1 Å². The van der Waals surface area contributed by atoms with Gasteiger partial charge in [-0.2, -0.15) is 0 Å². The quantitative estimate of drug-likeness (QED) is 0.0269. The molecule has 2 aliphatic rings. The van der Waals surface area contributed by atoms with Crippen molar-refractivity contribution in [3.8, 4) is 67.5 Å². The Morgan fingerprint density at radius 3 is 0.587 bits per heavy atom. The number of carbonyl (C=O) groups is 8. The first-order chi connectivity index (χ1) is 50.0. The molecule has 0 amide bonds. The lowest BCUT2D eigenvalue weighted by Gasteiger charge is -2.11. The average Bonchev–Trinajstić information content (AvgIpc) is 1.61. The molecule has 5 heterocycles. The Hall–Kier alpha value is -14.7. The van der Waals surface area contributed by atoms with E-state index in [-0.39, 0.29) is 70.9 Å². The van der Waals surface area contributed by atoms with Gasteiger partial charge in [0.1, 0.15) is 49.4 Å². The molecule has 24 heteroatoms. The Bertz CT molecular complexity index is 4830. The van der Waals surface area contributed by atoms with Crippen molar-refractivity contribution in [3.63, 3.8) is 0 Å². The molecule has 104 heavy (non-hydrogen) atoms. The van der Waals surface area contributed by atoms with Crippen LogP contribution in [0.4, 0.5) is 0 Å². The van der Waals surface area contributed by atoms with E-state index in [1.54, 1.807) is 48.5 Å². The van der Waals surface area contributed by atoms with Gasteiger partial charge in [0.2, 0.25) is 0 Å². The first kappa shape index (κ1) is 67.9. The molecule has 0 saturated carbocycles. The van der Waals surface area contributed by atoms with E-state index in [0.717, 1.165) is 24.3 Å². The fourth-order valence-corrected chi connectivity index (χ4v) is 12.0. The van der Waals surface area contributed by atoms with E-state index < -0.39 is 47.8 Å². The van der Waals surface area contributed by atoms with Crippen LogP contribution in [-0.2, 0) is 26.4 Å². The highest BCUT2D eigenvalue weighted by Crippen LogP contribution is 2.40. The van der Waals surface area contributed by atoms with Crippen LogP contribution in [0.5, 0.6) is 23.0 Å². The van der Waals surface area contributed by atoms with Crippen LogP contribution in [0.15, 0.2) is 194 Å². The van der Waals surface area contributed by atoms with E-state index >= 15 is 0 Å². The van der Waals surface area contributed by atoms with Gasteiger partial charge in [0.05, 0.1) is 67.3 Å². The Kier molecular flexibility index (Phi) is 18.7. The number of benzene rings is 8. The summed E-state index contributed by atoms with van der Waals surface area (Å²) in [6.07, 6.45) is 7.46. The van der Waals surface area contributed by atoms with Gasteiger partial charge < -0.3 is 69.8 Å². The minimum absolute atomic E-state index is 0.169. The smallest absolute Gasteiger partial charge is 0.335 e. The molecule has 0 fully saturated rings. The van der Waals surface area contributed by atoms with E-state index in [2.05, 4.69) is 9.97 Å². The molecule has 0 saturated heterocycles. The number of aromatic amines is 2. The van der Waals surface area contributed by atoms with E-state index in [1.165, 1.54) is 48.5 Å². The number of fused-ring (bicyclic) bond motifs is 8. The van der Waals surface area contributed by atoms with Gasteiger partial charge in [-0.1, -0.05) is 48.5 Å². The lowest BCUT2D eigenvalue weighted by molar-refractivity contribution is 0.0676.